The van der Waals surface area contributed by atoms with Crippen molar-refractivity contribution >= 4 is 52.1 Å². The van der Waals surface area contributed by atoms with Gasteiger partial charge in [0.05, 0.1) is 23.4 Å². The molecule has 3 N–H and O–H groups in total. The van der Waals surface area contributed by atoms with Crippen molar-refractivity contribution in [1.82, 2.24) is 5.32 Å². The Labute approximate surface area is 196 Å². The smallest absolute Gasteiger partial charge is 0.257 e. The van der Waals surface area contributed by atoms with Gasteiger partial charge in [0, 0.05) is 17.3 Å². The number of aryl methyl sites for hydroxylation is 2. The zero-order chi connectivity index (χ0) is 23.3. The third kappa shape index (κ3) is 5.84. The van der Waals surface area contributed by atoms with Gasteiger partial charge >= 0.3 is 0 Å². The number of anilines is 2. The molecular formula is C24H22ClN3O3S. The number of carbonyl (C=O) groups excluding carboxylic acids is 2. The highest BCUT2D eigenvalue weighted by atomic mass is 35.5. The minimum absolute atomic E-state index is 0.143. The first-order valence-corrected chi connectivity index (χ1v) is 10.5. The predicted octanol–water partition coefficient (Wildman–Crippen LogP) is 5.34. The third-order valence-corrected chi connectivity index (χ3v) is 5.07. The van der Waals surface area contributed by atoms with E-state index in [0.29, 0.717) is 33.3 Å². The minimum atomic E-state index is -0.356. The summed E-state index contributed by atoms with van der Waals surface area (Å²) in [4.78, 5) is 25.0. The second-order valence-electron chi connectivity index (χ2n) is 7.13. The molecular weight excluding hydrogens is 446 g/mol. The van der Waals surface area contributed by atoms with Crippen LogP contribution in [0.2, 0.25) is 5.02 Å². The van der Waals surface area contributed by atoms with Crippen LogP contribution in [0.4, 0.5) is 11.4 Å². The van der Waals surface area contributed by atoms with E-state index in [9.17, 15) is 9.59 Å². The zero-order valence-corrected chi connectivity index (χ0v) is 19.4. The summed E-state index contributed by atoms with van der Waals surface area (Å²) < 4.78 is 5.39. The average molecular weight is 468 g/mol. The van der Waals surface area contributed by atoms with Gasteiger partial charge in [-0.15, -0.1) is 0 Å². The maximum atomic E-state index is 12.5. The van der Waals surface area contributed by atoms with Crippen LogP contribution in [0.1, 0.15) is 31.8 Å². The molecule has 3 aromatic rings. The molecule has 0 aromatic heterocycles. The normalized spacial score (nSPS) is 10.2. The quantitative estimate of drug-likeness (QED) is 0.441. The molecule has 0 aliphatic heterocycles. The number of hydrogen-bond acceptors (Lipinski definition) is 4. The molecule has 164 valence electrons. The van der Waals surface area contributed by atoms with Crippen LogP contribution in [0.15, 0.2) is 60.7 Å². The van der Waals surface area contributed by atoms with Gasteiger partial charge in [-0.2, -0.15) is 0 Å². The molecule has 3 rings (SSSR count). The van der Waals surface area contributed by atoms with Gasteiger partial charge < -0.3 is 15.4 Å². The molecule has 0 saturated carbocycles. The van der Waals surface area contributed by atoms with Gasteiger partial charge in [-0.25, -0.2) is 0 Å². The summed E-state index contributed by atoms with van der Waals surface area (Å²) in [6.07, 6.45) is 0. The lowest BCUT2D eigenvalue weighted by Gasteiger charge is -2.14. The van der Waals surface area contributed by atoms with Gasteiger partial charge in [0.1, 0.15) is 5.75 Å². The monoisotopic (exact) mass is 467 g/mol. The zero-order valence-electron chi connectivity index (χ0n) is 17.8. The molecule has 2 amide bonds. The molecule has 0 heterocycles. The Morgan fingerprint density at radius 2 is 1.59 bits per heavy atom. The van der Waals surface area contributed by atoms with E-state index in [1.165, 1.54) is 7.11 Å². The molecule has 0 spiro atoms. The lowest BCUT2D eigenvalue weighted by Crippen LogP contribution is -2.34. The van der Waals surface area contributed by atoms with Gasteiger partial charge in [-0.1, -0.05) is 40.9 Å². The average Bonchev–Trinajstić information content (AvgIpc) is 2.74. The number of amides is 2. The fourth-order valence-corrected chi connectivity index (χ4v) is 3.58. The van der Waals surface area contributed by atoms with Crippen molar-refractivity contribution in [2.75, 3.05) is 17.7 Å². The van der Waals surface area contributed by atoms with E-state index in [-0.39, 0.29) is 16.9 Å². The Bertz CT molecular complexity index is 1180. The van der Waals surface area contributed by atoms with Crippen LogP contribution in [0.5, 0.6) is 5.75 Å². The number of nitrogens with one attached hydrogen (secondary N) is 3. The van der Waals surface area contributed by atoms with Gasteiger partial charge in [0.15, 0.2) is 5.11 Å². The van der Waals surface area contributed by atoms with E-state index in [1.54, 1.807) is 54.6 Å². The Hall–Kier alpha value is -3.42. The van der Waals surface area contributed by atoms with Gasteiger partial charge in [0.2, 0.25) is 0 Å². The minimum Gasteiger partial charge on any atom is -0.494 e. The maximum absolute atomic E-state index is 12.5. The van der Waals surface area contributed by atoms with Crippen LogP contribution >= 0.6 is 23.8 Å². The number of halogens is 1. The number of benzene rings is 3. The summed E-state index contributed by atoms with van der Waals surface area (Å²) in [5.74, 6) is -0.241. The van der Waals surface area contributed by atoms with Gasteiger partial charge in [-0.3, -0.25) is 14.9 Å². The van der Waals surface area contributed by atoms with Crippen molar-refractivity contribution in [1.29, 1.82) is 0 Å². The van der Waals surface area contributed by atoms with Gasteiger partial charge in [0.25, 0.3) is 11.8 Å². The second-order valence-corrected chi connectivity index (χ2v) is 7.95. The molecule has 0 bridgehead atoms. The van der Waals surface area contributed by atoms with Crippen LogP contribution in [0.25, 0.3) is 0 Å². The molecule has 0 unspecified atom stereocenters. The van der Waals surface area contributed by atoms with E-state index in [0.717, 1.165) is 11.1 Å². The maximum Gasteiger partial charge on any atom is 0.257 e. The van der Waals surface area contributed by atoms with Crippen molar-refractivity contribution in [2.24, 2.45) is 0 Å². The molecule has 6 nitrogen and oxygen atoms in total. The number of rotatable bonds is 5. The largest absolute Gasteiger partial charge is 0.494 e. The van der Waals surface area contributed by atoms with Gasteiger partial charge in [-0.05, 0) is 62.5 Å². The van der Waals surface area contributed by atoms with Crippen molar-refractivity contribution in [3.63, 3.8) is 0 Å². The number of thiocarbonyl (C=S) groups is 1. The highest BCUT2D eigenvalue weighted by Gasteiger charge is 2.14. The van der Waals surface area contributed by atoms with Crippen molar-refractivity contribution in [3.05, 3.63) is 87.9 Å². The fraction of sp³-hybridized carbons (Fsp3) is 0.125. The summed E-state index contributed by atoms with van der Waals surface area (Å²) in [6.45, 7) is 3.86. The Morgan fingerprint density at radius 1 is 0.906 bits per heavy atom. The van der Waals surface area contributed by atoms with E-state index < -0.39 is 0 Å². The lowest BCUT2D eigenvalue weighted by atomic mass is 10.1. The topological polar surface area (TPSA) is 79.5 Å². The first-order chi connectivity index (χ1) is 15.3. The molecule has 8 heteroatoms. The lowest BCUT2D eigenvalue weighted by molar-refractivity contribution is 0.0976. The van der Waals surface area contributed by atoms with E-state index in [1.807, 2.05) is 19.9 Å². The third-order valence-electron chi connectivity index (χ3n) is 4.54. The van der Waals surface area contributed by atoms with Crippen LogP contribution in [0.3, 0.4) is 0 Å². The molecule has 32 heavy (non-hydrogen) atoms. The second kappa shape index (κ2) is 10.3. The first-order valence-electron chi connectivity index (χ1n) is 9.71. The van der Waals surface area contributed by atoms with Crippen molar-refractivity contribution in [3.8, 4) is 5.75 Å². The summed E-state index contributed by atoms with van der Waals surface area (Å²) in [6, 6.07) is 17.4. The Balaban J connectivity index is 1.68. The Kier molecular flexibility index (Phi) is 7.45. The molecule has 0 atom stereocenters. The summed E-state index contributed by atoms with van der Waals surface area (Å²) in [7, 11) is 1.49. The SMILES string of the molecule is COc1cc(NC(=S)NC(=O)c2cc(C)cc(C)c2)ccc1NC(=O)c1ccccc1Cl. The molecule has 0 saturated heterocycles. The highest BCUT2D eigenvalue weighted by Crippen LogP contribution is 2.29. The van der Waals surface area contributed by atoms with Crippen LogP contribution < -0.4 is 20.7 Å². The molecule has 0 aliphatic carbocycles. The fourth-order valence-electron chi connectivity index (χ4n) is 3.15. The molecule has 0 aliphatic rings. The summed E-state index contributed by atoms with van der Waals surface area (Å²) in [5, 5.41) is 8.90. The number of hydrogen-bond donors (Lipinski definition) is 3. The van der Waals surface area contributed by atoms with E-state index >= 15 is 0 Å². The standard InChI is InChI=1S/C24H22ClN3O3S/c1-14-10-15(2)12-16(11-14)22(29)28-24(32)26-17-8-9-20(21(13-17)31-3)27-23(30)18-6-4-5-7-19(18)25/h4-13H,1-3H3,(H,27,30)(H2,26,28,29,32). The van der Waals surface area contributed by atoms with Crippen molar-refractivity contribution < 1.29 is 14.3 Å². The highest BCUT2D eigenvalue weighted by molar-refractivity contribution is 7.80. The number of carbonyl (C=O) groups is 2. The molecule has 3 aromatic carbocycles. The number of methoxy groups -OCH3 is 1. The summed E-state index contributed by atoms with van der Waals surface area (Å²) >= 11 is 11.4. The molecule has 0 fully saturated rings. The predicted molar refractivity (Wildman–Crippen MR) is 132 cm³/mol. The van der Waals surface area contributed by atoms with Crippen LogP contribution in [-0.4, -0.2) is 24.0 Å². The summed E-state index contributed by atoms with van der Waals surface area (Å²) in [5.41, 5.74) is 3.92. The Morgan fingerprint density at radius 3 is 2.25 bits per heavy atom. The van der Waals surface area contributed by atoms with Crippen LogP contribution in [0, 0.1) is 13.8 Å². The number of ether oxygens (including phenoxy) is 1. The first kappa shape index (κ1) is 23.2. The van der Waals surface area contributed by atoms with E-state index in [2.05, 4.69) is 16.0 Å². The van der Waals surface area contributed by atoms with E-state index in [4.69, 9.17) is 28.6 Å². The molecule has 0 radical (unpaired) electrons. The van der Waals surface area contributed by atoms with Crippen LogP contribution in [-0.2, 0) is 0 Å². The van der Waals surface area contributed by atoms with Crippen molar-refractivity contribution in [2.45, 2.75) is 13.8 Å².